The first-order valence-corrected chi connectivity index (χ1v) is 7.00. The van der Waals surface area contributed by atoms with Gasteiger partial charge in [0.15, 0.2) is 5.84 Å². The highest BCUT2D eigenvalue weighted by Gasteiger charge is 2.54. The largest absolute Gasteiger partial charge is 0.409 e. The van der Waals surface area contributed by atoms with Gasteiger partial charge in [-0.2, -0.15) is 0 Å². The minimum Gasteiger partial charge on any atom is -0.409 e. The molecule has 1 saturated carbocycles. The van der Waals surface area contributed by atoms with E-state index in [0.717, 1.165) is 19.5 Å². The second-order valence-corrected chi connectivity index (χ2v) is 6.02. The average Bonchev–Trinajstić information content (AvgIpc) is 3.07. The van der Waals surface area contributed by atoms with Crippen LogP contribution in [0, 0.1) is 11.3 Å². The van der Waals surface area contributed by atoms with Crippen LogP contribution in [0.2, 0.25) is 0 Å². The first kappa shape index (κ1) is 14.1. The number of hydrogen-bond acceptors (Lipinski definition) is 4. The summed E-state index contributed by atoms with van der Waals surface area (Å²) in [6, 6.07) is 0.563. The lowest BCUT2D eigenvalue weighted by molar-refractivity contribution is -0.124. The van der Waals surface area contributed by atoms with Crippen LogP contribution in [0.4, 0.5) is 0 Å². The van der Waals surface area contributed by atoms with Crippen molar-refractivity contribution in [3.05, 3.63) is 0 Å². The Bertz CT molecular complexity index is 377. The molecule has 2 fully saturated rings. The van der Waals surface area contributed by atoms with E-state index in [4.69, 9.17) is 10.9 Å². The van der Waals surface area contributed by atoms with Crippen molar-refractivity contribution < 1.29 is 10.0 Å². The predicted molar refractivity (Wildman–Crippen MR) is 72.9 cm³/mol. The Morgan fingerprint density at radius 3 is 2.74 bits per heavy atom. The molecule has 0 aromatic rings. The number of amides is 1. The van der Waals surface area contributed by atoms with Gasteiger partial charge >= 0.3 is 0 Å². The molecular weight excluding hydrogens is 244 g/mol. The standard InChI is InChI=1S/C13H24N4O2/c1-9(2)17-6-3-10(8-17)7-15-12(18)13(4-5-13)11(14)16-19/h9-10,19H,3-8H2,1-2H3,(H2,14,16)(H,15,18). The maximum absolute atomic E-state index is 12.1. The van der Waals surface area contributed by atoms with Gasteiger partial charge in [-0.1, -0.05) is 5.16 Å². The fourth-order valence-electron chi connectivity index (χ4n) is 2.72. The Balaban J connectivity index is 1.79. The summed E-state index contributed by atoms with van der Waals surface area (Å²) < 4.78 is 0. The van der Waals surface area contributed by atoms with Gasteiger partial charge in [0.05, 0.1) is 0 Å². The van der Waals surface area contributed by atoms with Crippen LogP contribution < -0.4 is 11.1 Å². The van der Waals surface area contributed by atoms with Crippen LogP contribution in [-0.2, 0) is 4.79 Å². The highest BCUT2D eigenvalue weighted by atomic mass is 16.4. The zero-order chi connectivity index (χ0) is 14.0. The molecule has 2 rings (SSSR count). The second kappa shape index (κ2) is 5.36. The van der Waals surface area contributed by atoms with E-state index in [1.807, 2.05) is 0 Å². The summed E-state index contributed by atoms with van der Waals surface area (Å²) in [7, 11) is 0. The number of rotatable bonds is 5. The van der Waals surface area contributed by atoms with E-state index in [-0.39, 0.29) is 11.7 Å². The molecule has 0 spiro atoms. The third kappa shape index (κ3) is 2.83. The Hall–Kier alpha value is -1.30. The van der Waals surface area contributed by atoms with Crippen molar-refractivity contribution >= 4 is 11.7 Å². The lowest BCUT2D eigenvalue weighted by Gasteiger charge is -2.20. The molecule has 1 heterocycles. The highest BCUT2D eigenvalue weighted by Crippen LogP contribution is 2.46. The van der Waals surface area contributed by atoms with E-state index >= 15 is 0 Å². The van der Waals surface area contributed by atoms with E-state index in [1.54, 1.807) is 0 Å². The first-order valence-electron chi connectivity index (χ1n) is 7.00. The van der Waals surface area contributed by atoms with Crippen molar-refractivity contribution in [3.8, 4) is 0 Å². The summed E-state index contributed by atoms with van der Waals surface area (Å²) in [6.45, 7) is 7.21. The van der Waals surface area contributed by atoms with Crippen LogP contribution >= 0.6 is 0 Å². The summed E-state index contributed by atoms with van der Waals surface area (Å²) >= 11 is 0. The molecule has 2 aliphatic rings. The van der Waals surface area contributed by atoms with E-state index in [9.17, 15) is 4.79 Å². The van der Waals surface area contributed by atoms with E-state index < -0.39 is 5.41 Å². The molecule has 4 N–H and O–H groups in total. The van der Waals surface area contributed by atoms with Gasteiger partial charge in [0, 0.05) is 19.1 Å². The van der Waals surface area contributed by atoms with E-state index in [1.165, 1.54) is 0 Å². The van der Waals surface area contributed by atoms with Crippen LogP contribution in [0.1, 0.15) is 33.1 Å². The summed E-state index contributed by atoms with van der Waals surface area (Å²) in [5.41, 5.74) is 4.86. The molecule has 0 aromatic carbocycles. The maximum atomic E-state index is 12.1. The fraction of sp³-hybridized carbons (Fsp3) is 0.846. The summed E-state index contributed by atoms with van der Waals surface area (Å²) in [5.74, 6) is 0.459. The molecule has 1 atom stereocenters. The monoisotopic (exact) mass is 268 g/mol. The van der Waals surface area contributed by atoms with E-state index in [0.29, 0.717) is 31.3 Å². The molecule has 6 heteroatoms. The number of likely N-dealkylation sites (tertiary alicyclic amines) is 1. The average molecular weight is 268 g/mol. The van der Waals surface area contributed by atoms with Gasteiger partial charge in [0.2, 0.25) is 5.91 Å². The van der Waals surface area contributed by atoms with Crippen molar-refractivity contribution in [1.82, 2.24) is 10.2 Å². The SMILES string of the molecule is CC(C)N1CCC(CNC(=O)C2(C(N)=NO)CC2)C1. The van der Waals surface area contributed by atoms with Crippen molar-refractivity contribution in [2.24, 2.45) is 22.2 Å². The summed E-state index contributed by atoms with van der Waals surface area (Å²) in [5, 5.41) is 14.7. The number of carbonyl (C=O) groups excluding carboxylic acids is 1. The number of nitrogens with one attached hydrogen (secondary N) is 1. The number of oxime groups is 1. The fourth-order valence-corrected chi connectivity index (χ4v) is 2.72. The zero-order valence-corrected chi connectivity index (χ0v) is 11.7. The van der Waals surface area contributed by atoms with Gasteiger partial charge in [-0.05, 0) is 45.6 Å². The van der Waals surface area contributed by atoms with Gasteiger partial charge < -0.3 is 21.2 Å². The Morgan fingerprint density at radius 1 is 1.58 bits per heavy atom. The number of nitrogens with two attached hydrogens (primary N) is 1. The van der Waals surface area contributed by atoms with Gasteiger partial charge in [-0.15, -0.1) is 0 Å². The van der Waals surface area contributed by atoms with Crippen molar-refractivity contribution in [2.75, 3.05) is 19.6 Å². The van der Waals surface area contributed by atoms with Crippen LogP contribution in [-0.4, -0.2) is 47.5 Å². The molecule has 0 aromatic heterocycles. The lowest BCUT2D eigenvalue weighted by atomic mass is 10.0. The van der Waals surface area contributed by atoms with Crippen LogP contribution in [0.15, 0.2) is 5.16 Å². The summed E-state index contributed by atoms with van der Waals surface area (Å²) in [6.07, 6.45) is 2.48. The molecule has 108 valence electrons. The third-order valence-corrected chi connectivity index (χ3v) is 4.38. The number of carbonyl (C=O) groups is 1. The highest BCUT2D eigenvalue weighted by molar-refractivity contribution is 6.09. The van der Waals surface area contributed by atoms with Gasteiger partial charge in [0.1, 0.15) is 5.41 Å². The quantitative estimate of drug-likeness (QED) is 0.290. The Morgan fingerprint density at radius 2 is 2.26 bits per heavy atom. The topological polar surface area (TPSA) is 91.0 Å². The molecule has 1 saturated heterocycles. The lowest BCUT2D eigenvalue weighted by Crippen LogP contribution is -2.42. The van der Waals surface area contributed by atoms with Crippen LogP contribution in [0.25, 0.3) is 0 Å². The minimum absolute atomic E-state index is 0.0419. The zero-order valence-electron chi connectivity index (χ0n) is 11.7. The third-order valence-electron chi connectivity index (χ3n) is 4.38. The van der Waals surface area contributed by atoms with Crippen LogP contribution in [0.3, 0.4) is 0 Å². The molecule has 1 amide bonds. The number of hydrogen-bond donors (Lipinski definition) is 3. The van der Waals surface area contributed by atoms with Gasteiger partial charge in [0.25, 0.3) is 0 Å². The van der Waals surface area contributed by atoms with E-state index in [2.05, 4.69) is 29.2 Å². The summed E-state index contributed by atoms with van der Waals surface area (Å²) in [4.78, 5) is 14.5. The smallest absolute Gasteiger partial charge is 0.233 e. The number of amidine groups is 1. The van der Waals surface area contributed by atoms with Crippen molar-refractivity contribution in [2.45, 2.75) is 39.2 Å². The minimum atomic E-state index is -0.731. The first-order chi connectivity index (χ1) is 8.99. The molecule has 0 radical (unpaired) electrons. The second-order valence-electron chi connectivity index (χ2n) is 6.02. The number of nitrogens with zero attached hydrogens (tertiary/aromatic N) is 2. The Kier molecular flexibility index (Phi) is 3.99. The van der Waals surface area contributed by atoms with Gasteiger partial charge in [-0.25, -0.2) is 0 Å². The molecular formula is C13H24N4O2. The van der Waals surface area contributed by atoms with Crippen molar-refractivity contribution in [3.63, 3.8) is 0 Å². The molecule has 19 heavy (non-hydrogen) atoms. The molecule has 1 aliphatic carbocycles. The maximum Gasteiger partial charge on any atom is 0.233 e. The molecule has 1 unspecified atom stereocenters. The molecule has 0 bridgehead atoms. The van der Waals surface area contributed by atoms with Gasteiger partial charge in [-0.3, -0.25) is 4.79 Å². The van der Waals surface area contributed by atoms with Crippen molar-refractivity contribution in [1.29, 1.82) is 0 Å². The van der Waals surface area contributed by atoms with Crippen LogP contribution in [0.5, 0.6) is 0 Å². The predicted octanol–water partition coefficient (Wildman–Crippen LogP) is 0.360. The molecule has 6 nitrogen and oxygen atoms in total. The molecule has 1 aliphatic heterocycles. The Labute approximate surface area is 114 Å². The normalized spacial score (nSPS) is 26.7.